The van der Waals surface area contributed by atoms with Gasteiger partial charge in [0.2, 0.25) is 0 Å². The molecule has 34 heavy (non-hydrogen) atoms. The maximum Gasteiger partial charge on any atom is 0.290 e. The zero-order valence-corrected chi connectivity index (χ0v) is 18.7. The van der Waals surface area contributed by atoms with Crippen LogP contribution in [0.1, 0.15) is 24.1 Å². The zero-order valence-electron chi connectivity index (χ0n) is 18.7. The fraction of sp³-hybridized carbons (Fsp3) is 0.143. The van der Waals surface area contributed by atoms with Crippen molar-refractivity contribution < 1.29 is 19.4 Å². The molecule has 0 saturated heterocycles. The van der Waals surface area contributed by atoms with E-state index >= 15 is 0 Å². The standard InChI is InChI=1S/C28H24N2O4/c1-18(31)25-26(19-8-7-11-22(16-19)34-21-9-3-2-4-10-21)30(28(33)27(25)32)15-14-20-17-29-24-13-6-5-12-23(20)24/h2-13,16-17,26,29,32H,14-15H2,1H3. The van der Waals surface area contributed by atoms with Crippen LogP contribution in [0.3, 0.4) is 0 Å². The van der Waals surface area contributed by atoms with Gasteiger partial charge in [-0.15, -0.1) is 0 Å². The third-order valence-corrected chi connectivity index (χ3v) is 6.13. The average Bonchev–Trinajstić information content (AvgIpc) is 3.37. The summed E-state index contributed by atoms with van der Waals surface area (Å²) in [5.41, 5.74) is 2.91. The zero-order chi connectivity index (χ0) is 23.7. The first kappa shape index (κ1) is 21.5. The molecule has 6 heteroatoms. The third-order valence-electron chi connectivity index (χ3n) is 6.13. The van der Waals surface area contributed by atoms with Crippen LogP contribution < -0.4 is 4.74 Å². The van der Waals surface area contributed by atoms with Crippen molar-refractivity contribution in [1.29, 1.82) is 0 Å². The van der Waals surface area contributed by atoms with E-state index in [9.17, 15) is 14.7 Å². The predicted molar refractivity (Wildman–Crippen MR) is 130 cm³/mol. The smallest absolute Gasteiger partial charge is 0.290 e. The van der Waals surface area contributed by atoms with E-state index in [0.717, 1.165) is 16.5 Å². The van der Waals surface area contributed by atoms with Gasteiger partial charge in [-0.1, -0.05) is 48.5 Å². The Morgan fingerprint density at radius 3 is 2.53 bits per heavy atom. The van der Waals surface area contributed by atoms with Gasteiger partial charge in [0.05, 0.1) is 11.6 Å². The SMILES string of the molecule is CC(=O)C1=C(O)C(=O)N(CCc2c[nH]c3ccccc23)C1c1cccc(Oc2ccccc2)c1. The molecule has 1 amide bonds. The summed E-state index contributed by atoms with van der Waals surface area (Å²) >= 11 is 0. The van der Waals surface area contributed by atoms with Crippen LogP contribution >= 0.6 is 0 Å². The van der Waals surface area contributed by atoms with E-state index in [1.54, 1.807) is 4.90 Å². The number of amides is 1. The van der Waals surface area contributed by atoms with Gasteiger partial charge in [-0.05, 0) is 54.8 Å². The van der Waals surface area contributed by atoms with Gasteiger partial charge in [-0.25, -0.2) is 0 Å². The Morgan fingerprint density at radius 2 is 1.74 bits per heavy atom. The second-order valence-electron chi connectivity index (χ2n) is 8.32. The number of aromatic amines is 1. The molecule has 1 aliphatic rings. The predicted octanol–water partition coefficient (Wildman–Crippen LogP) is 5.49. The van der Waals surface area contributed by atoms with Crippen LogP contribution in [0.4, 0.5) is 0 Å². The summed E-state index contributed by atoms with van der Waals surface area (Å²) in [6.07, 6.45) is 2.51. The van der Waals surface area contributed by atoms with E-state index in [-0.39, 0.29) is 11.4 Å². The Balaban J connectivity index is 1.46. The van der Waals surface area contributed by atoms with Gasteiger partial charge in [0.25, 0.3) is 5.91 Å². The first-order valence-corrected chi connectivity index (χ1v) is 11.2. The number of ketones is 1. The van der Waals surface area contributed by atoms with Crippen molar-refractivity contribution in [2.45, 2.75) is 19.4 Å². The fourth-order valence-electron chi connectivity index (χ4n) is 4.54. The molecular weight excluding hydrogens is 428 g/mol. The number of carbonyl (C=O) groups excluding carboxylic acids is 2. The molecule has 2 N–H and O–H groups in total. The van der Waals surface area contributed by atoms with Crippen molar-refractivity contribution in [3.05, 3.63) is 108 Å². The number of hydrogen-bond acceptors (Lipinski definition) is 4. The Hall–Kier alpha value is -4.32. The molecule has 1 aromatic heterocycles. The van der Waals surface area contributed by atoms with Gasteiger partial charge in [-0.3, -0.25) is 9.59 Å². The lowest BCUT2D eigenvalue weighted by Crippen LogP contribution is -2.32. The van der Waals surface area contributed by atoms with Crippen molar-refractivity contribution in [3.8, 4) is 11.5 Å². The highest BCUT2D eigenvalue weighted by atomic mass is 16.5. The summed E-state index contributed by atoms with van der Waals surface area (Å²) in [5.74, 6) is -0.0828. The molecule has 1 atom stereocenters. The minimum Gasteiger partial charge on any atom is -0.503 e. The molecule has 0 radical (unpaired) electrons. The second kappa shape index (κ2) is 8.90. The maximum absolute atomic E-state index is 13.0. The first-order chi connectivity index (χ1) is 16.5. The van der Waals surface area contributed by atoms with Gasteiger partial charge in [-0.2, -0.15) is 0 Å². The highest BCUT2D eigenvalue weighted by molar-refractivity contribution is 6.08. The summed E-state index contributed by atoms with van der Waals surface area (Å²) in [4.78, 5) is 30.3. The van der Waals surface area contributed by atoms with E-state index in [2.05, 4.69) is 4.98 Å². The third kappa shape index (κ3) is 3.94. The molecule has 1 aliphatic heterocycles. The van der Waals surface area contributed by atoms with Crippen LogP contribution in [0.2, 0.25) is 0 Å². The Kier molecular flexibility index (Phi) is 5.64. The molecule has 0 spiro atoms. The summed E-state index contributed by atoms with van der Waals surface area (Å²) in [6.45, 7) is 1.72. The van der Waals surface area contributed by atoms with Gasteiger partial charge < -0.3 is 19.7 Å². The van der Waals surface area contributed by atoms with Crippen molar-refractivity contribution >= 4 is 22.6 Å². The van der Waals surface area contributed by atoms with Crippen LogP contribution in [0.15, 0.2) is 96.4 Å². The summed E-state index contributed by atoms with van der Waals surface area (Å²) in [5, 5.41) is 11.7. The quantitative estimate of drug-likeness (QED) is 0.389. The summed E-state index contributed by atoms with van der Waals surface area (Å²) in [7, 11) is 0. The number of rotatable bonds is 7. The van der Waals surface area contributed by atoms with E-state index in [1.165, 1.54) is 6.92 Å². The van der Waals surface area contributed by atoms with Crippen LogP contribution in [0.25, 0.3) is 10.9 Å². The van der Waals surface area contributed by atoms with Crippen molar-refractivity contribution in [2.75, 3.05) is 6.54 Å². The Labute approximate surface area is 197 Å². The molecule has 0 bridgehead atoms. The van der Waals surface area contributed by atoms with Gasteiger partial charge >= 0.3 is 0 Å². The molecule has 0 aliphatic carbocycles. The number of aliphatic hydroxyl groups excluding tert-OH is 1. The minimum absolute atomic E-state index is 0.112. The van der Waals surface area contributed by atoms with Crippen molar-refractivity contribution in [3.63, 3.8) is 0 Å². The largest absolute Gasteiger partial charge is 0.503 e. The molecule has 170 valence electrons. The molecule has 1 unspecified atom stereocenters. The lowest BCUT2D eigenvalue weighted by molar-refractivity contribution is -0.129. The highest BCUT2D eigenvalue weighted by Gasteiger charge is 2.42. The van der Waals surface area contributed by atoms with Crippen LogP contribution in [0.5, 0.6) is 11.5 Å². The number of benzene rings is 3. The number of aliphatic hydroxyl groups is 1. The number of H-pyrrole nitrogens is 1. The molecule has 0 saturated carbocycles. The van der Waals surface area contributed by atoms with Gasteiger partial charge in [0.1, 0.15) is 11.5 Å². The summed E-state index contributed by atoms with van der Waals surface area (Å²) < 4.78 is 5.96. The highest BCUT2D eigenvalue weighted by Crippen LogP contribution is 2.39. The first-order valence-electron chi connectivity index (χ1n) is 11.2. The van der Waals surface area contributed by atoms with E-state index in [1.807, 2.05) is 85.1 Å². The number of nitrogens with one attached hydrogen (secondary N) is 1. The monoisotopic (exact) mass is 452 g/mol. The van der Waals surface area contributed by atoms with Gasteiger partial charge in [0.15, 0.2) is 11.5 Å². The average molecular weight is 453 g/mol. The van der Waals surface area contributed by atoms with Crippen LogP contribution in [-0.2, 0) is 16.0 Å². The van der Waals surface area contributed by atoms with Crippen LogP contribution in [0, 0.1) is 0 Å². The molecule has 0 fully saturated rings. The number of fused-ring (bicyclic) bond motifs is 1. The number of carbonyl (C=O) groups is 2. The van der Waals surface area contributed by atoms with Gasteiger partial charge in [0, 0.05) is 23.6 Å². The molecule has 6 nitrogen and oxygen atoms in total. The Morgan fingerprint density at radius 1 is 1.00 bits per heavy atom. The molecule has 5 rings (SSSR count). The number of aromatic nitrogens is 1. The maximum atomic E-state index is 13.0. The normalized spacial score (nSPS) is 15.9. The number of ether oxygens (including phenoxy) is 1. The number of Topliss-reactive ketones (excluding diaryl/α,β-unsaturated/α-hetero) is 1. The van der Waals surface area contributed by atoms with Crippen molar-refractivity contribution in [2.24, 2.45) is 0 Å². The fourth-order valence-corrected chi connectivity index (χ4v) is 4.54. The molecular formula is C28H24N2O4. The Bertz CT molecular complexity index is 1400. The molecule has 2 heterocycles. The minimum atomic E-state index is -0.686. The molecule has 3 aromatic carbocycles. The molecule has 4 aromatic rings. The topological polar surface area (TPSA) is 82.6 Å². The van der Waals surface area contributed by atoms with E-state index in [4.69, 9.17) is 4.74 Å². The lowest BCUT2D eigenvalue weighted by atomic mass is 9.96. The second-order valence-corrected chi connectivity index (χ2v) is 8.32. The number of hydrogen-bond donors (Lipinski definition) is 2. The number of para-hydroxylation sites is 2. The van der Waals surface area contributed by atoms with E-state index < -0.39 is 17.7 Å². The van der Waals surface area contributed by atoms with E-state index in [0.29, 0.717) is 30.0 Å². The number of nitrogens with zero attached hydrogens (tertiary/aromatic N) is 1. The van der Waals surface area contributed by atoms with Crippen LogP contribution in [-0.4, -0.2) is 33.2 Å². The lowest BCUT2D eigenvalue weighted by Gasteiger charge is -2.27. The summed E-state index contributed by atoms with van der Waals surface area (Å²) in [6, 6.07) is 24.0. The van der Waals surface area contributed by atoms with Crippen molar-refractivity contribution in [1.82, 2.24) is 9.88 Å².